The summed E-state index contributed by atoms with van der Waals surface area (Å²) in [4.78, 5) is 23.8. The lowest BCUT2D eigenvalue weighted by atomic mass is 10.1. The predicted molar refractivity (Wildman–Crippen MR) is 107 cm³/mol. The normalized spacial score (nSPS) is 11.2. The van der Waals surface area contributed by atoms with E-state index in [-0.39, 0.29) is 29.6 Å². The minimum atomic E-state index is -4.48. The number of hydrogen-bond acceptors (Lipinski definition) is 3. The molecule has 0 saturated carbocycles. The van der Waals surface area contributed by atoms with Crippen LogP contribution in [-0.2, 0) is 15.8 Å². The Bertz CT molecular complexity index is 849. The van der Waals surface area contributed by atoms with Crippen molar-refractivity contribution in [3.63, 3.8) is 0 Å². The highest BCUT2D eigenvalue weighted by Crippen LogP contribution is 2.32. The fourth-order valence-electron chi connectivity index (χ4n) is 2.67. The van der Waals surface area contributed by atoms with Gasteiger partial charge in [-0.1, -0.05) is 24.1 Å². The van der Waals surface area contributed by atoms with Crippen molar-refractivity contribution in [1.29, 1.82) is 0 Å². The first kappa shape index (κ1) is 22.3. The molecule has 156 valence electrons. The number of halogens is 3. The highest BCUT2D eigenvalue weighted by Gasteiger charge is 2.30. The molecule has 0 radical (unpaired) electrons. The number of hydrogen-bond donors (Lipinski definition) is 3. The SMILES string of the molecule is Cc1ccc(NC(=O)CCCCCC(=O)Nc2ccc(C(F)(F)F)cc2N)cc1. The molecule has 0 atom stereocenters. The summed E-state index contributed by atoms with van der Waals surface area (Å²) in [6, 6.07) is 10.3. The van der Waals surface area contributed by atoms with Crippen molar-refractivity contribution >= 4 is 28.9 Å². The third kappa shape index (κ3) is 7.48. The monoisotopic (exact) mass is 407 g/mol. The van der Waals surface area contributed by atoms with Crippen LogP contribution in [0.2, 0.25) is 0 Å². The molecule has 0 aliphatic carbocycles. The number of anilines is 3. The molecule has 0 bridgehead atoms. The van der Waals surface area contributed by atoms with Gasteiger partial charge in [0.15, 0.2) is 0 Å². The minimum absolute atomic E-state index is 0.0872. The summed E-state index contributed by atoms with van der Waals surface area (Å²) < 4.78 is 37.9. The molecule has 5 nitrogen and oxygen atoms in total. The van der Waals surface area contributed by atoms with E-state index in [1.165, 1.54) is 0 Å². The van der Waals surface area contributed by atoms with Gasteiger partial charge in [0.05, 0.1) is 16.9 Å². The summed E-state index contributed by atoms with van der Waals surface area (Å²) in [5.41, 5.74) is 6.59. The second kappa shape index (κ2) is 9.95. The number of amides is 2. The highest BCUT2D eigenvalue weighted by molar-refractivity contribution is 5.94. The van der Waals surface area contributed by atoms with Crippen LogP contribution in [0.1, 0.15) is 43.2 Å². The molecular formula is C21H24F3N3O2. The quantitative estimate of drug-likeness (QED) is 0.419. The van der Waals surface area contributed by atoms with Crippen LogP contribution in [0.25, 0.3) is 0 Å². The third-order valence-corrected chi connectivity index (χ3v) is 4.30. The van der Waals surface area contributed by atoms with Gasteiger partial charge in [-0.3, -0.25) is 9.59 Å². The minimum Gasteiger partial charge on any atom is -0.397 e. The zero-order valence-electron chi connectivity index (χ0n) is 16.1. The van der Waals surface area contributed by atoms with E-state index in [0.717, 1.165) is 29.4 Å². The lowest BCUT2D eigenvalue weighted by Gasteiger charge is -2.12. The summed E-state index contributed by atoms with van der Waals surface area (Å²) in [7, 11) is 0. The Balaban J connectivity index is 1.67. The van der Waals surface area contributed by atoms with Crippen LogP contribution in [0.5, 0.6) is 0 Å². The summed E-state index contributed by atoms with van der Waals surface area (Å²) in [6.07, 6.45) is -2.07. The van der Waals surface area contributed by atoms with Crippen LogP contribution in [0.15, 0.2) is 42.5 Å². The average Bonchev–Trinajstić information content (AvgIpc) is 2.64. The predicted octanol–water partition coefficient (Wildman–Crippen LogP) is 5.12. The van der Waals surface area contributed by atoms with Crippen molar-refractivity contribution in [3.8, 4) is 0 Å². The van der Waals surface area contributed by atoms with Gasteiger partial charge in [-0.05, 0) is 50.1 Å². The van der Waals surface area contributed by atoms with Crippen molar-refractivity contribution in [3.05, 3.63) is 53.6 Å². The van der Waals surface area contributed by atoms with Crippen molar-refractivity contribution < 1.29 is 22.8 Å². The van der Waals surface area contributed by atoms with Crippen LogP contribution in [-0.4, -0.2) is 11.8 Å². The number of nitrogens with one attached hydrogen (secondary N) is 2. The number of carbonyl (C=O) groups excluding carboxylic acids is 2. The first-order valence-corrected chi connectivity index (χ1v) is 9.28. The Morgan fingerprint density at radius 1 is 0.897 bits per heavy atom. The molecule has 0 heterocycles. The van der Waals surface area contributed by atoms with Crippen molar-refractivity contribution in [1.82, 2.24) is 0 Å². The first-order valence-electron chi connectivity index (χ1n) is 9.28. The van der Waals surface area contributed by atoms with E-state index in [2.05, 4.69) is 10.6 Å². The highest BCUT2D eigenvalue weighted by atomic mass is 19.4. The Morgan fingerprint density at radius 2 is 1.48 bits per heavy atom. The van der Waals surface area contributed by atoms with E-state index in [0.29, 0.717) is 25.7 Å². The molecule has 2 aromatic rings. The maximum absolute atomic E-state index is 12.6. The molecule has 8 heteroatoms. The second-order valence-electron chi connectivity index (χ2n) is 6.82. The van der Waals surface area contributed by atoms with E-state index in [1.807, 2.05) is 31.2 Å². The van der Waals surface area contributed by atoms with E-state index in [1.54, 1.807) is 0 Å². The smallest absolute Gasteiger partial charge is 0.397 e. The zero-order valence-corrected chi connectivity index (χ0v) is 16.1. The largest absolute Gasteiger partial charge is 0.416 e. The van der Waals surface area contributed by atoms with Gasteiger partial charge in [0.1, 0.15) is 0 Å². The van der Waals surface area contributed by atoms with Crippen molar-refractivity contribution in [2.45, 2.75) is 45.2 Å². The number of benzene rings is 2. The molecule has 2 rings (SSSR count). The van der Waals surface area contributed by atoms with E-state index >= 15 is 0 Å². The Labute approximate surface area is 167 Å². The standard InChI is InChI=1S/C21H24F3N3O2/c1-14-7-10-16(11-8-14)26-19(28)5-3-2-4-6-20(29)27-18-12-9-15(13-17(18)25)21(22,23)24/h7-13H,2-6,25H2,1H3,(H,26,28)(H,27,29). The Kier molecular flexibility index (Phi) is 7.64. The lowest BCUT2D eigenvalue weighted by molar-refractivity contribution is -0.137. The van der Waals surface area contributed by atoms with Gasteiger partial charge in [-0.25, -0.2) is 0 Å². The summed E-state index contributed by atoms with van der Waals surface area (Å²) in [5, 5.41) is 5.33. The second-order valence-corrected chi connectivity index (χ2v) is 6.82. The molecule has 4 N–H and O–H groups in total. The molecule has 0 aliphatic rings. The number of unbranched alkanes of at least 4 members (excludes halogenated alkanes) is 2. The molecule has 29 heavy (non-hydrogen) atoms. The van der Waals surface area contributed by atoms with Crippen LogP contribution < -0.4 is 16.4 Å². The molecule has 0 unspecified atom stereocenters. The number of aryl methyl sites for hydroxylation is 1. The van der Waals surface area contributed by atoms with Gasteiger partial charge >= 0.3 is 6.18 Å². The topological polar surface area (TPSA) is 84.2 Å². The van der Waals surface area contributed by atoms with Crippen molar-refractivity contribution in [2.24, 2.45) is 0 Å². The van der Waals surface area contributed by atoms with Gasteiger partial charge in [0.2, 0.25) is 11.8 Å². The van der Waals surface area contributed by atoms with E-state index < -0.39 is 11.7 Å². The lowest BCUT2D eigenvalue weighted by Crippen LogP contribution is -2.14. The molecule has 2 aromatic carbocycles. The maximum Gasteiger partial charge on any atom is 0.416 e. The van der Waals surface area contributed by atoms with Gasteiger partial charge in [-0.2, -0.15) is 13.2 Å². The molecule has 0 fully saturated rings. The van der Waals surface area contributed by atoms with Gasteiger partial charge in [-0.15, -0.1) is 0 Å². The fraction of sp³-hybridized carbons (Fsp3) is 0.333. The van der Waals surface area contributed by atoms with Crippen molar-refractivity contribution in [2.75, 3.05) is 16.4 Å². The number of alkyl halides is 3. The van der Waals surface area contributed by atoms with Crippen LogP contribution in [0.3, 0.4) is 0 Å². The molecule has 0 spiro atoms. The zero-order chi connectivity index (χ0) is 21.4. The van der Waals surface area contributed by atoms with Crippen LogP contribution in [0.4, 0.5) is 30.2 Å². The average molecular weight is 407 g/mol. The van der Waals surface area contributed by atoms with Gasteiger partial charge in [0.25, 0.3) is 0 Å². The van der Waals surface area contributed by atoms with E-state index in [4.69, 9.17) is 5.73 Å². The fourth-order valence-corrected chi connectivity index (χ4v) is 2.67. The summed E-state index contributed by atoms with van der Waals surface area (Å²) in [6.45, 7) is 1.97. The molecular weight excluding hydrogens is 383 g/mol. The molecule has 0 aromatic heterocycles. The van der Waals surface area contributed by atoms with Crippen LogP contribution in [0, 0.1) is 6.92 Å². The van der Waals surface area contributed by atoms with Crippen LogP contribution >= 0.6 is 0 Å². The number of nitrogens with two attached hydrogens (primary N) is 1. The molecule has 2 amide bonds. The summed E-state index contributed by atoms with van der Waals surface area (Å²) >= 11 is 0. The number of carbonyl (C=O) groups is 2. The van der Waals surface area contributed by atoms with Gasteiger partial charge in [0, 0.05) is 18.5 Å². The number of nitrogen functional groups attached to an aromatic ring is 1. The molecule has 0 saturated heterocycles. The Morgan fingerprint density at radius 3 is 2.03 bits per heavy atom. The Hall–Kier alpha value is -3.03. The maximum atomic E-state index is 12.6. The third-order valence-electron chi connectivity index (χ3n) is 4.30. The summed E-state index contributed by atoms with van der Waals surface area (Å²) in [5.74, 6) is -0.420. The van der Waals surface area contributed by atoms with Gasteiger partial charge < -0.3 is 16.4 Å². The van der Waals surface area contributed by atoms with E-state index in [9.17, 15) is 22.8 Å². The first-order chi connectivity index (χ1) is 13.6. The molecule has 0 aliphatic heterocycles. The number of rotatable bonds is 8.